The zero-order valence-corrected chi connectivity index (χ0v) is 12.3. The van der Waals surface area contributed by atoms with Gasteiger partial charge in [0.1, 0.15) is 0 Å². The summed E-state index contributed by atoms with van der Waals surface area (Å²) in [7, 11) is 0. The van der Waals surface area contributed by atoms with Gasteiger partial charge in [-0.05, 0) is 51.2 Å². The molecule has 1 N–H and O–H groups in total. The highest BCUT2D eigenvalue weighted by Gasteiger charge is 2.16. The number of carbonyl (C=O) groups excluding carboxylic acids is 1. The Morgan fingerprint density at radius 1 is 1.11 bits per heavy atom. The topological polar surface area (TPSA) is 32.3 Å². The van der Waals surface area contributed by atoms with Crippen LogP contribution in [0.3, 0.4) is 0 Å². The Balaban J connectivity index is 1.96. The van der Waals surface area contributed by atoms with Gasteiger partial charge in [-0.25, -0.2) is 0 Å². The van der Waals surface area contributed by atoms with Crippen LogP contribution in [0.4, 0.5) is 5.69 Å². The highest BCUT2D eigenvalue weighted by Crippen LogP contribution is 2.21. The summed E-state index contributed by atoms with van der Waals surface area (Å²) >= 11 is 0. The van der Waals surface area contributed by atoms with E-state index in [0.29, 0.717) is 6.54 Å². The summed E-state index contributed by atoms with van der Waals surface area (Å²) in [4.78, 5) is 14.1. The molecule has 0 aromatic heterocycles. The summed E-state index contributed by atoms with van der Waals surface area (Å²) in [6.07, 6.45) is 3.55. The lowest BCUT2D eigenvalue weighted by Gasteiger charge is -2.27. The van der Waals surface area contributed by atoms with Gasteiger partial charge in [-0.1, -0.05) is 17.7 Å². The molecule has 1 aromatic carbocycles. The van der Waals surface area contributed by atoms with Crippen LogP contribution in [0.5, 0.6) is 0 Å². The summed E-state index contributed by atoms with van der Waals surface area (Å²) in [5.74, 6) is 0.221. The van der Waals surface area contributed by atoms with Crippen molar-refractivity contribution in [2.75, 3.05) is 25.0 Å². The first kappa shape index (κ1) is 13.9. The number of likely N-dealkylation sites (tertiary alicyclic amines) is 1. The second-order valence-electron chi connectivity index (χ2n) is 5.57. The minimum Gasteiger partial charge on any atom is -0.376 e. The summed E-state index contributed by atoms with van der Waals surface area (Å²) in [5.41, 5.74) is 4.80. The fraction of sp³-hybridized carbons (Fsp3) is 0.562. The maximum atomic E-state index is 12.1. The largest absolute Gasteiger partial charge is 0.376 e. The Bertz CT molecular complexity index is 439. The van der Waals surface area contributed by atoms with E-state index in [1.165, 1.54) is 23.1 Å². The smallest absolute Gasteiger partial charge is 0.241 e. The average molecular weight is 260 g/mol. The van der Waals surface area contributed by atoms with E-state index < -0.39 is 0 Å². The summed E-state index contributed by atoms with van der Waals surface area (Å²) in [6, 6.07) is 4.31. The minimum atomic E-state index is 0.221. The molecule has 19 heavy (non-hydrogen) atoms. The molecule has 104 valence electrons. The molecule has 0 bridgehead atoms. The Kier molecular flexibility index (Phi) is 4.46. The molecule has 3 nitrogen and oxygen atoms in total. The zero-order valence-electron chi connectivity index (χ0n) is 12.3. The molecule has 2 rings (SSSR count). The number of anilines is 1. The molecule has 1 aromatic rings. The third kappa shape index (κ3) is 3.49. The van der Waals surface area contributed by atoms with Crippen LogP contribution in [0.15, 0.2) is 12.1 Å². The molecule has 1 amide bonds. The molecule has 1 aliphatic heterocycles. The zero-order chi connectivity index (χ0) is 13.8. The SMILES string of the molecule is Cc1cc(C)c(NCC(=O)N2CCCCC2)c(C)c1. The molecule has 0 aliphatic carbocycles. The number of rotatable bonds is 3. The number of piperidine rings is 1. The van der Waals surface area contributed by atoms with Gasteiger partial charge < -0.3 is 10.2 Å². The highest BCUT2D eigenvalue weighted by molar-refractivity contribution is 5.81. The summed E-state index contributed by atoms with van der Waals surface area (Å²) < 4.78 is 0. The molecule has 0 spiro atoms. The Morgan fingerprint density at radius 2 is 1.68 bits per heavy atom. The van der Waals surface area contributed by atoms with Crippen molar-refractivity contribution in [1.82, 2.24) is 4.90 Å². The number of nitrogens with one attached hydrogen (secondary N) is 1. The molecule has 0 radical (unpaired) electrons. The van der Waals surface area contributed by atoms with Crippen molar-refractivity contribution in [3.8, 4) is 0 Å². The van der Waals surface area contributed by atoms with Crippen LogP contribution in [0, 0.1) is 20.8 Å². The molecule has 1 heterocycles. The summed E-state index contributed by atoms with van der Waals surface area (Å²) in [6.45, 7) is 8.54. The molecule has 1 saturated heterocycles. The Labute approximate surface area is 116 Å². The lowest BCUT2D eigenvalue weighted by molar-refractivity contribution is -0.130. The predicted octanol–water partition coefficient (Wildman–Crippen LogP) is 3.04. The van der Waals surface area contributed by atoms with Crippen LogP contribution in [0.1, 0.15) is 36.0 Å². The quantitative estimate of drug-likeness (QED) is 0.906. The van der Waals surface area contributed by atoms with Crippen molar-refractivity contribution in [2.24, 2.45) is 0 Å². The van der Waals surface area contributed by atoms with E-state index in [4.69, 9.17) is 0 Å². The van der Waals surface area contributed by atoms with Crippen molar-refractivity contribution in [3.05, 3.63) is 28.8 Å². The second kappa shape index (κ2) is 6.09. The Morgan fingerprint density at radius 3 is 2.26 bits per heavy atom. The van der Waals surface area contributed by atoms with Gasteiger partial charge in [0.15, 0.2) is 0 Å². The lowest BCUT2D eigenvalue weighted by Crippen LogP contribution is -2.39. The standard InChI is InChI=1S/C16H24N2O/c1-12-9-13(2)16(14(3)10-12)17-11-15(19)18-7-5-4-6-8-18/h9-10,17H,4-8,11H2,1-3H3. The van der Waals surface area contributed by atoms with E-state index in [0.717, 1.165) is 31.6 Å². The first-order chi connectivity index (χ1) is 9.08. The van der Waals surface area contributed by atoms with Crippen molar-refractivity contribution in [2.45, 2.75) is 40.0 Å². The van der Waals surface area contributed by atoms with Crippen LogP contribution in [0.2, 0.25) is 0 Å². The molecule has 1 aliphatic rings. The fourth-order valence-electron chi connectivity index (χ4n) is 2.88. The van der Waals surface area contributed by atoms with E-state index in [-0.39, 0.29) is 5.91 Å². The molecule has 0 atom stereocenters. The normalized spacial score (nSPS) is 15.4. The molecular formula is C16H24N2O. The maximum absolute atomic E-state index is 12.1. The first-order valence-electron chi connectivity index (χ1n) is 7.17. The number of carbonyl (C=O) groups is 1. The number of amides is 1. The maximum Gasteiger partial charge on any atom is 0.241 e. The van der Waals surface area contributed by atoms with Crippen molar-refractivity contribution < 1.29 is 4.79 Å². The Hall–Kier alpha value is -1.51. The van der Waals surface area contributed by atoms with Gasteiger partial charge >= 0.3 is 0 Å². The van der Waals surface area contributed by atoms with Gasteiger partial charge in [-0.2, -0.15) is 0 Å². The lowest BCUT2D eigenvalue weighted by atomic mass is 10.1. The number of nitrogens with zero attached hydrogens (tertiary/aromatic N) is 1. The second-order valence-corrected chi connectivity index (χ2v) is 5.57. The van der Waals surface area contributed by atoms with E-state index in [1.54, 1.807) is 0 Å². The predicted molar refractivity (Wildman–Crippen MR) is 79.6 cm³/mol. The van der Waals surface area contributed by atoms with Gasteiger partial charge in [0, 0.05) is 18.8 Å². The third-order valence-electron chi connectivity index (χ3n) is 3.80. The van der Waals surface area contributed by atoms with E-state index in [9.17, 15) is 4.79 Å². The minimum absolute atomic E-state index is 0.221. The molecule has 3 heteroatoms. The van der Waals surface area contributed by atoms with Gasteiger partial charge in [-0.3, -0.25) is 4.79 Å². The molecule has 0 unspecified atom stereocenters. The number of benzene rings is 1. The van der Waals surface area contributed by atoms with Crippen LogP contribution in [-0.2, 0) is 4.79 Å². The van der Waals surface area contributed by atoms with Gasteiger partial charge in [0.2, 0.25) is 5.91 Å². The van der Waals surface area contributed by atoms with Crippen molar-refractivity contribution in [1.29, 1.82) is 0 Å². The van der Waals surface area contributed by atoms with Crippen molar-refractivity contribution >= 4 is 11.6 Å². The van der Waals surface area contributed by atoms with Crippen molar-refractivity contribution in [3.63, 3.8) is 0 Å². The molecule has 1 fully saturated rings. The number of hydrogen-bond donors (Lipinski definition) is 1. The van der Waals surface area contributed by atoms with E-state index >= 15 is 0 Å². The van der Waals surface area contributed by atoms with Crippen LogP contribution < -0.4 is 5.32 Å². The molecule has 0 saturated carbocycles. The average Bonchev–Trinajstić information content (AvgIpc) is 2.38. The van der Waals surface area contributed by atoms with Gasteiger partial charge in [0.25, 0.3) is 0 Å². The van der Waals surface area contributed by atoms with Gasteiger partial charge in [0.05, 0.1) is 6.54 Å². The first-order valence-corrected chi connectivity index (χ1v) is 7.17. The monoisotopic (exact) mass is 260 g/mol. The third-order valence-corrected chi connectivity index (χ3v) is 3.80. The van der Waals surface area contributed by atoms with E-state index in [1.807, 2.05) is 4.90 Å². The van der Waals surface area contributed by atoms with Crippen LogP contribution in [-0.4, -0.2) is 30.4 Å². The van der Waals surface area contributed by atoms with Crippen LogP contribution >= 0.6 is 0 Å². The van der Waals surface area contributed by atoms with Crippen LogP contribution in [0.25, 0.3) is 0 Å². The fourth-order valence-corrected chi connectivity index (χ4v) is 2.88. The van der Waals surface area contributed by atoms with Gasteiger partial charge in [-0.15, -0.1) is 0 Å². The van der Waals surface area contributed by atoms with E-state index in [2.05, 4.69) is 38.2 Å². The number of hydrogen-bond acceptors (Lipinski definition) is 2. The highest BCUT2D eigenvalue weighted by atomic mass is 16.2. The number of aryl methyl sites for hydroxylation is 3. The molecular weight excluding hydrogens is 236 g/mol. The summed E-state index contributed by atoms with van der Waals surface area (Å²) in [5, 5.41) is 3.31.